The van der Waals surface area contributed by atoms with Crippen molar-refractivity contribution < 1.29 is 19.4 Å². The number of carboxylic acid groups (broad SMARTS) is 1. The van der Waals surface area contributed by atoms with Crippen molar-refractivity contribution in [1.82, 2.24) is 20.1 Å². The largest absolute Gasteiger partial charge is 0.480 e. The second-order valence-electron chi connectivity index (χ2n) is 9.66. The number of aliphatic carboxylic acids is 1. The van der Waals surface area contributed by atoms with Crippen LogP contribution in [0.5, 0.6) is 0 Å². The Labute approximate surface area is 215 Å². The molecule has 1 aromatic heterocycles. The van der Waals surface area contributed by atoms with Gasteiger partial charge in [-0.2, -0.15) is 5.10 Å². The van der Waals surface area contributed by atoms with Gasteiger partial charge >= 0.3 is 12.1 Å². The van der Waals surface area contributed by atoms with Gasteiger partial charge in [0.1, 0.15) is 23.5 Å². The van der Waals surface area contributed by atoms with E-state index in [1.54, 1.807) is 31.8 Å². The maximum absolute atomic E-state index is 12.2. The number of nitrogens with zero attached hydrogens (tertiary/aromatic N) is 3. The van der Waals surface area contributed by atoms with Crippen LogP contribution in [0.2, 0.25) is 0 Å². The number of aromatic nitrogens is 3. The highest BCUT2D eigenvalue weighted by Crippen LogP contribution is 2.40. The first-order valence-corrected chi connectivity index (χ1v) is 12.0. The third kappa shape index (κ3) is 5.69. The van der Waals surface area contributed by atoms with Crippen molar-refractivity contribution in [3.05, 3.63) is 120 Å². The number of nitrogens with one attached hydrogen (secondary N) is 1. The summed E-state index contributed by atoms with van der Waals surface area (Å²) in [5.41, 5.74) is 1.27. The number of ether oxygens (including phenoxy) is 1. The molecule has 0 aliphatic carbocycles. The van der Waals surface area contributed by atoms with Gasteiger partial charge in [-0.05, 0) is 37.5 Å². The highest BCUT2D eigenvalue weighted by atomic mass is 16.6. The summed E-state index contributed by atoms with van der Waals surface area (Å²) in [4.78, 5) is 28.6. The molecule has 2 N–H and O–H groups in total. The number of hydrogen-bond acceptors (Lipinski definition) is 5. The van der Waals surface area contributed by atoms with Gasteiger partial charge in [-0.15, -0.1) is 0 Å². The van der Waals surface area contributed by atoms with Crippen LogP contribution in [-0.2, 0) is 21.5 Å². The quantitative estimate of drug-likeness (QED) is 0.343. The smallest absolute Gasteiger partial charge is 0.408 e. The number of benzene rings is 3. The van der Waals surface area contributed by atoms with Gasteiger partial charge in [-0.25, -0.2) is 19.3 Å². The lowest BCUT2D eigenvalue weighted by molar-refractivity contribution is -0.139. The van der Waals surface area contributed by atoms with Crippen LogP contribution < -0.4 is 5.32 Å². The lowest BCUT2D eigenvalue weighted by Crippen LogP contribution is -2.45. The lowest BCUT2D eigenvalue weighted by Gasteiger charge is -2.35. The Morgan fingerprint density at radius 1 is 0.865 bits per heavy atom. The summed E-state index contributed by atoms with van der Waals surface area (Å²) < 4.78 is 6.99. The fourth-order valence-corrected chi connectivity index (χ4v) is 4.32. The topological polar surface area (TPSA) is 106 Å². The van der Waals surface area contributed by atoms with E-state index in [2.05, 4.69) is 10.3 Å². The Kier molecular flexibility index (Phi) is 7.38. The summed E-state index contributed by atoms with van der Waals surface area (Å²) in [5, 5.41) is 16.9. The molecule has 8 heteroatoms. The molecule has 0 aliphatic rings. The van der Waals surface area contributed by atoms with Crippen LogP contribution in [0.15, 0.2) is 97.3 Å². The predicted molar refractivity (Wildman–Crippen MR) is 139 cm³/mol. The Balaban J connectivity index is 1.78. The normalized spacial score (nSPS) is 12.5. The SMILES string of the molecule is CC(C)(C)OC(=O)N[C@@H](Cc1ncn(C(c2ccccc2)(c2ccccc2)c2ccccc2)n1)C(=O)O. The molecule has 4 aromatic rings. The van der Waals surface area contributed by atoms with Crippen molar-refractivity contribution in [2.45, 2.75) is 44.4 Å². The van der Waals surface area contributed by atoms with Crippen molar-refractivity contribution in [3.63, 3.8) is 0 Å². The average Bonchev–Trinajstić information content (AvgIpc) is 3.34. The second-order valence-corrected chi connectivity index (χ2v) is 9.66. The van der Waals surface area contributed by atoms with Gasteiger partial charge in [-0.1, -0.05) is 91.0 Å². The number of carbonyl (C=O) groups excluding carboxylic acids is 1. The zero-order valence-corrected chi connectivity index (χ0v) is 21.0. The minimum absolute atomic E-state index is 0.115. The number of alkyl carbamates (subject to hydrolysis) is 1. The molecule has 190 valence electrons. The van der Waals surface area contributed by atoms with E-state index in [9.17, 15) is 14.7 Å². The lowest BCUT2D eigenvalue weighted by atomic mass is 9.77. The monoisotopic (exact) mass is 498 g/mol. The summed E-state index contributed by atoms with van der Waals surface area (Å²) >= 11 is 0. The van der Waals surface area contributed by atoms with Crippen molar-refractivity contribution in [2.24, 2.45) is 0 Å². The van der Waals surface area contributed by atoms with Crippen molar-refractivity contribution in [1.29, 1.82) is 0 Å². The average molecular weight is 499 g/mol. The van der Waals surface area contributed by atoms with E-state index in [1.165, 1.54) is 0 Å². The van der Waals surface area contributed by atoms with Gasteiger partial charge in [0.2, 0.25) is 0 Å². The Hall–Kier alpha value is -4.46. The number of carboxylic acids is 1. The molecule has 8 nitrogen and oxygen atoms in total. The molecule has 37 heavy (non-hydrogen) atoms. The van der Waals surface area contributed by atoms with Crippen LogP contribution in [0.3, 0.4) is 0 Å². The Morgan fingerprint density at radius 3 is 1.73 bits per heavy atom. The van der Waals surface area contributed by atoms with Crippen LogP contribution in [0.1, 0.15) is 43.3 Å². The van der Waals surface area contributed by atoms with Gasteiger partial charge < -0.3 is 15.2 Å². The second kappa shape index (κ2) is 10.7. The number of rotatable bonds is 8. The molecule has 0 saturated heterocycles. The Bertz CT molecular complexity index is 1240. The molecule has 4 rings (SSSR count). The van der Waals surface area contributed by atoms with Crippen molar-refractivity contribution in [2.75, 3.05) is 0 Å². The van der Waals surface area contributed by atoms with Crippen LogP contribution in [0, 0.1) is 0 Å². The van der Waals surface area contributed by atoms with Gasteiger partial charge in [-0.3, -0.25) is 0 Å². The number of carbonyl (C=O) groups is 2. The molecule has 0 spiro atoms. The predicted octanol–water partition coefficient (Wildman–Crippen LogP) is 4.64. The summed E-state index contributed by atoms with van der Waals surface area (Å²) in [6.45, 7) is 5.13. The van der Waals surface area contributed by atoms with Crippen LogP contribution in [0.25, 0.3) is 0 Å². The third-order valence-electron chi connectivity index (χ3n) is 5.83. The Morgan fingerprint density at radius 2 is 1.32 bits per heavy atom. The van der Waals surface area contributed by atoms with Crippen molar-refractivity contribution in [3.8, 4) is 0 Å². The van der Waals surface area contributed by atoms with Gasteiger partial charge in [0.05, 0.1) is 0 Å². The first-order chi connectivity index (χ1) is 17.7. The third-order valence-corrected chi connectivity index (χ3v) is 5.83. The summed E-state index contributed by atoms with van der Waals surface area (Å²) in [6.07, 6.45) is 0.677. The summed E-state index contributed by atoms with van der Waals surface area (Å²) in [7, 11) is 0. The standard InChI is InChI=1S/C29H30N4O4/c1-28(2,3)37-27(36)31-24(26(34)35)19-25-30-20-33(32-25)29(21-13-7-4-8-14-21,22-15-9-5-10-16-22)23-17-11-6-12-18-23/h4-18,20,24H,19H2,1-3H3,(H,31,36)(H,34,35)/t24-/m0/s1. The van der Waals surface area contributed by atoms with Gasteiger partial charge in [0, 0.05) is 6.42 Å². The van der Waals surface area contributed by atoms with Gasteiger partial charge in [0.15, 0.2) is 5.82 Å². The van der Waals surface area contributed by atoms with E-state index in [0.717, 1.165) is 16.7 Å². The van der Waals surface area contributed by atoms with E-state index < -0.39 is 29.2 Å². The summed E-state index contributed by atoms with van der Waals surface area (Å²) in [6, 6.07) is 28.6. The van der Waals surface area contributed by atoms with E-state index in [4.69, 9.17) is 9.84 Å². The maximum atomic E-state index is 12.2. The molecule has 1 heterocycles. The maximum Gasteiger partial charge on any atom is 0.408 e. The molecule has 0 aliphatic heterocycles. The molecule has 0 bridgehead atoms. The molecule has 3 aromatic carbocycles. The van der Waals surface area contributed by atoms with E-state index >= 15 is 0 Å². The highest BCUT2D eigenvalue weighted by molar-refractivity contribution is 5.80. The molecule has 0 saturated carbocycles. The van der Waals surface area contributed by atoms with E-state index in [0.29, 0.717) is 0 Å². The molecule has 1 atom stereocenters. The minimum atomic E-state index is -1.26. The molecule has 1 amide bonds. The molecule has 0 fully saturated rings. The first kappa shape index (κ1) is 25.6. The number of hydrogen-bond donors (Lipinski definition) is 2. The van der Waals surface area contributed by atoms with Gasteiger partial charge in [0.25, 0.3) is 0 Å². The zero-order valence-electron chi connectivity index (χ0n) is 21.0. The van der Waals surface area contributed by atoms with E-state index in [1.807, 2.05) is 91.0 Å². The van der Waals surface area contributed by atoms with Crippen molar-refractivity contribution >= 4 is 12.1 Å². The molecule has 0 radical (unpaired) electrons. The molecular formula is C29H30N4O4. The van der Waals surface area contributed by atoms with E-state index in [-0.39, 0.29) is 12.2 Å². The molecule has 0 unspecified atom stereocenters. The molecular weight excluding hydrogens is 468 g/mol. The van der Waals surface area contributed by atoms with Crippen LogP contribution in [0.4, 0.5) is 4.79 Å². The highest BCUT2D eigenvalue weighted by Gasteiger charge is 2.40. The number of amides is 1. The fraction of sp³-hybridized carbons (Fsp3) is 0.241. The summed E-state index contributed by atoms with van der Waals surface area (Å²) in [5.74, 6) is -0.932. The fourth-order valence-electron chi connectivity index (χ4n) is 4.32. The van der Waals surface area contributed by atoms with Crippen LogP contribution >= 0.6 is 0 Å². The first-order valence-electron chi connectivity index (χ1n) is 12.0. The zero-order chi connectivity index (χ0) is 26.5. The minimum Gasteiger partial charge on any atom is -0.480 e. The van der Waals surface area contributed by atoms with Crippen LogP contribution in [-0.4, -0.2) is 43.6 Å².